The zero-order chi connectivity index (χ0) is 36.1. The van der Waals surface area contributed by atoms with Crippen molar-refractivity contribution in [2.24, 2.45) is 0 Å². The third-order valence-corrected chi connectivity index (χ3v) is 9.89. The zero-order valence-electron chi connectivity index (χ0n) is 30.3. The number of aromatic nitrogens is 6. The van der Waals surface area contributed by atoms with Gasteiger partial charge in [0, 0.05) is 81.7 Å². The molecule has 10 aromatic rings. The third-order valence-electron chi connectivity index (χ3n) is 9.89. The van der Waals surface area contributed by atoms with Crippen molar-refractivity contribution < 1.29 is 43.1 Å². The van der Waals surface area contributed by atoms with Crippen molar-refractivity contribution in [2.45, 2.75) is 13.1 Å². The molecule has 272 valence electrons. The van der Waals surface area contributed by atoms with Crippen LogP contribution in [0, 0.1) is 0 Å². The molecule has 8 heteroatoms. The van der Waals surface area contributed by atoms with Crippen LogP contribution in [0.25, 0.3) is 65.9 Å². The Morgan fingerprint density at radius 1 is 0.321 bits per heavy atom. The van der Waals surface area contributed by atoms with Crippen molar-refractivity contribution in [1.29, 1.82) is 0 Å². The molecule has 0 aliphatic rings. The van der Waals surface area contributed by atoms with Gasteiger partial charge in [0.25, 0.3) is 0 Å². The monoisotopic (exact) mass is 854 g/mol. The van der Waals surface area contributed by atoms with Gasteiger partial charge in [0.2, 0.25) is 0 Å². The van der Waals surface area contributed by atoms with E-state index in [1.165, 1.54) is 54.9 Å². The molecule has 0 spiro atoms. The van der Waals surface area contributed by atoms with Crippen LogP contribution in [0.5, 0.6) is 0 Å². The lowest BCUT2D eigenvalue weighted by Crippen LogP contribution is -3.00. The highest BCUT2D eigenvalue weighted by molar-refractivity contribution is 5.98. The summed E-state index contributed by atoms with van der Waals surface area (Å²) in [5.41, 5.74) is 11.5. The average Bonchev–Trinajstić information content (AvgIpc) is 3.25. The molecule has 6 aromatic heterocycles. The Labute approximate surface area is 346 Å². The second-order valence-electron chi connectivity index (χ2n) is 13.2. The molecule has 0 fully saturated rings. The summed E-state index contributed by atoms with van der Waals surface area (Å²) in [5.74, 6) is 0. The molecular formula is C48H36Br2N6. The van der Waals surface area contributed by atoms with Crippen LogP contribution in [0.3, 0.4) is 0 Å². The molecule has 0 bridgehead atoms. The Kier molecular flexibility index (Phi) is 11.9. The van der Waals surface area contributed by atoms with E-state index in [1.807, 2.05) is 73.3 Å². The van der Waals surface area contributed by atoms with Crippen LogP contribution >= 0.6 is 0 Å². The summed E-state index contributed by atoms with van der Waals surface area (Å²) in [6.07, 6.45) is 15.9. The fourth-order valence-electron chi connectivity index (χ4n) is 7.16. The highest BCUT2D eigenvalue weighted by Crippen LogP contribution is 2.27. The van der Waals surface area contributed by atoms with Crippen LogP contribution < -0.4 is 43.1 Å². The van der Waals surface area contributed by atoms with Crippen molar-refractivity contribution in [3.05, 3.63) is 206 Å². The lowest BCUT2D eigenvalue weighted by molar-refractivity contribution is -0.688. The van der Waals surface area contributed by atoms with Crippen LogP contribution in [-0.2, 0) is 13.1 Å². The molecule has 0 atom stereocenters. The largest absolute Gasteiger partial charge is 1.00 e. The Hall–Kier alpha value is -6.22. The third kappa shape index (κ3) is 8.08. The van der Waals surface area contributed by atoms with Crippen molar-refractivity contribution in [1.82, 2.24) is 19.9 Å². The molecule has 0 saturated heterocycles. The number of para-hydroxylation sites is 4. The van der Waals surface area contributed by atoms with E-state index in [-0.39, 0.29) is 34.0 Å². The first kappa shape index (κ1) is 38.1. The normalized spacial score (nSPS) is 10.7. The van der Waals surface area contributed by atoms with Gasteiger partial charge in [-0.1, -0.05) is 72.8 Å². The summed E-state index contributed by atoms with van der Waals surface area (Å²) in [7, 11) is 0. The second-order valence-corrected chi connectivity index (χ2v) is 13.2. The Morgan fingerprint density at radius 2 is 0.589 bits per heavy atom. The first-order chi connectivity index (χ1) is 26.8. The Bertz CT molecular complexity index is 2560. The van der Waals surface area contributed by atoms with E-state index < -0.39 is 0 Å². The fourth-order valence-corrected chi connectivity index (χ4v) is 7.16. The minimum Gasteiger partial charge on any atom is -1.00 e. The van der Waals surface area contributed by atoms with E-state index in [0.29, 0.717) is 0 Å². The number of nitrogens with zero attached hydrogens (tertiary/aromatic N) is 6. The standard InChI is InChI=1S/2C24H18N3.2BrH/c2*1-3-7-23-20(5-1)22(21-6-2-4-8-24(21)26-23)17-27-15-11-19(12-16-27)18-9-13-25-14-10-18;;/h2*1-16H,17H2;2*1H/q2*+1;;/p-2. The Balaban J connectivity index is 0.000000166. The summed E-state index contributed by atoms with van der Waals surface area (Å²) in [5, 5.41) is 4.84. The number of rotatable bonds is 6. The molecule has 0 saturated carbocycles. The first-order valence-electron chi connectivity index (χ1n) is 18.1. The van der Waals surface area contributed by atoms with Gasteiger partial charge < -0.3 is 34.0 Å². The molecule has 0 unspecified atom stereocenters. The highest BCUT2D eigenvalue weighted by Gasteiger charge is 2.15. The van der Waals surface area contributed by atoms with Gasteiger partial charge in [-0.3, -0.25) is 9.97 Å². The first-order valence-corrected chi connectivity index (χ1v) is 18.1. The average molecular weight is 857 g/mol. The van der Waals surface area contributed by atoms with Gasteiger partial charge in [0.05, 0.1) is 22.1 Å². The van der Waals surface area contributed by atoms with E-state index in [1.54, 1.807) is 0 Å². The smallest absolute Gasteiger partial charge is 0.175 e. The molecule has 10 rings (SSSR count). The summed E-state index contributed by atoms with van der Waals surface area (Å²) in [6, 6.07) is 50.2. The second kappa shape index (κ2) is 17.5. The summed E-state index contributed by atoms with van der Waals surface area (Å²) in [6.45, 7) is 1.61. The lowest BCUT2D eigenvalue weighted by Gasteiger charge is -2.09. The van der Waals surface area contributed by atoms with Gasteiger partial charge in [0.1, 0.15) is 0 Å². The number of pyridine rings is 6. The number of fused-ring (bicyclic) bond motifs is 4. The molecule has 56 heavy (non-hydrogen) atoms. The van der Waals surface area contributed by atoms with Gasteiger partial charge >= 0.3 is 0 Å². The molecule has 4 aromatic carbocycles. The number of benzene rings is 4. The van der Waals surface area contributed by atoms with Crippen LogP contribution in [0.15, 0.2) is 195 Å². The maximum Gasteiger partial charge on any atom is 0.175 e. The lowest BCUT2D eigenvalue weighted by atomic mass is 10.0. The maximum absolute atomic E-state index is 4.82. The van der Waals surface area contributed by atoms with Crippen LogP contribution in [0.2, 0.25) is 0 Å². The summed E-state index contributed by atoms with van der Waals surface area (Å²) in [4.78, 5) is 17.8. The molecule has 6 heterocycles. The minimum atomic E-state index is 0. The van der Waals surface area contributed by atoms with Gasteiger partial charge in [-0.15, -0.1) is 0 Å². The number of hydrogen-bond acceptors (Lipinski definition) is 4. The quantitative estimate of drug-likeness (QED) is 0.190. The highest BCUT2D eigenvalue weighted by atomic mass is 79.9. The van der Waals surface area contributed by atoms with Crippen LogP contribution in [-0.4, -0.2) is 19.9 Å². The summed E-state index contributed by atoms with van der Waals surface area (Å²) < 4.78 is 4.44. The van der Waals surface area contributed by atoms with Gasteiger partial charge in [0.15, 0.2) is 37.9 Å². The molecule has 0 aliphatic carbocycles. The molecule has 0 N–H and O–H groups in total. The van der Waals surface area contributed by atoms with Gasteiger partial charge in [-0.2, -0.15) is 0 Å². The van der Waals surface area contributed by atoms with E-state index in [0.717, 1.165) is 35.2 Å². The van der Waals surface area contributed by atoms with E-state index in [4.69, 9.17) is 9.97 Å². The van der Waals surface area contributed by atoms with Crippen LogP contribution in [0.4, 0.5) is 0 Å². The number of hydrogen-bond donors (Lipinski definition) is 0. The van der Waals surface area contributed by atoms with Crippen molar-refractivity contribution in [3.63, 3.8) is 0 Å². The van der Waals surface area contributed by atoms with E-state index >= 15 is 0 Å². The predicted molar refractivity (Wildman–Crippen MR) is 216 cm³/mol. The van der Waals surface area contributed by atoms with Crippen LogP contribution in [0.1, 0.15) is 11.1 Å². The van der Waals surface area contributed by atoms with Gasteiger partial charge in [-0.05, 0) is 70.8 Å². The summed E-state index contributed by atoms with van der Waals surface area (Å²) >= 11 is 0. The molecule has 0 radical (unpaired) electrons. The molecule has 0 amide bonds. The van der Waals surface area contributed by atoms with Crippen molar-refractivity contribution >= 4 is 43.6 Å². The van der Waals surface area contributed by atoms with E-state index in [2.05, 4.69) is 141 Å². The SMILES string of the molecule is [Br-].[Br-].c1ccc2c(C[n+]3ccc(-c4ccncc4)cc3)c3ccccc3nc2c1.c1ccc2c(C[n+]3ccc(-c4ccncc4)cc3)c3ccccc3nc2c1. The van der Waals surface area contributed by atoms with Gasteiger partial charge in [-0.25, -0.2) is 19.1 Å². The minimum absolute atomic E-state index is 0. The molecule has 0 aliphatic heterocycles. The molecular weight excluding hydrogens is 820 g/mol. The zero-order valence-corrected chi connectivity index (χ0v) is 33.5. The van der Waals surface area contributed by atoms with Crippen molar-refractivity contribution in [2.75, 3.05) is 0 Å². The number of halogens is 2. The maximum atomic E-state index is 4.82. The van der Waals surface area contributed by atoms with Crippen molar-refractivity contribution in [3.8, 4) is 22.3 Å². The topological polar surface area (TPSA) is 59.3 Å². The van der Waals surface area contributed by atoms with E-state index in [9.17, 15) is 0 Å². The molecule has 6 nitrogen and oxygen atoms in total. The Morgan fingerprint density at radius 3 is 0.893 bits per heavy atom. The predicted octanol–water partition coefficient (Wildman–Crippen LogP) is 3.58. The fraction of sp³-hybridized carbons (Fsp3) is 0.0417.